The molecule has 1 aliphatic rings. The van der Waals surface area contributed by atoms with Crippen molar-refractivity contribution in [3.8, 4) is 5.75 Å². The lowest BCUT2D eigenvalue weighted by Gasteiger charge is -2.16. The summed E-state index contributed by atoms with van der Waals surface area (Å²) in [6, 6.07) is 13.8. The summed E-state index contributed by atoms with van der Waals surface area (Å²) in [7, 11) is 0. The van der Waals surface area contributed by atoms with Gasteiger partial charge in [0.1, 0.15) is 12.4 Å². The molecule has 0 spiro atoms. The Bertz CT molecular complexity index is 710. The number of ether oxygens (including phenoxy) is 1. The summed E-state index contributed by atoms with van der Waals surface area (Å²) >= 11 is 6.41. The monoisotopic (exact) mass is 345 g/mol. The highest BCUT2D eigenvalue weighted by molar-refractivity contribution is 6.32. The van der Waals surface area contributed by atoms with Gasteiger partial charge in [-0.3, -0.25) is 4.79 Å². The average molecular weight is 346 g/mol. The maximum absolute atomic E-state index is 11.1. The molecule has 2 aromatic carbocycles. The molecule has 0 saturated carbocycles. The van der Waals surface area contributed by atoms with E-state index in [2.05, 4.69) is 5.32 Å². The number of nitrogens with one attached hydrogen (secondary N) is 1. The molecule has 0 aromatic heterocycles. The number of carboxylic acids is 1. The number of benzene rings is 2. The standard InChI is InChI=1S/C19H20ClNO3/c1-12-7-14(17-9-15(10-21-17)19(22)23)8-16(20)18(12)24-11-13-5-3-2-4-6-13/h2-8,15,17,21H,9-11H2,1H3,(H,22,23). The fourth-order valence-corrected chi connectivity index (χ4v) is 3.38. The van der Waals surface area contributed by atoms with Gasteiger partial charge in [0.2, 0.25) is 0 Å². The van der Waals surface area contributed by atoms with Crippen LogP contribution in [0.15, 0.2) is 42.5 Å². The SMILES string of the molecule is Cc1cc(C2CC(C(=O)O)CN2)cc(Cl)c1OCc1ccccc1. The van der Waals surface area contributed by atoms with Gasteiger partial charge in [-0.2, -0.15) is 0 Å². The zero-order valence-electron chi connectivity index (χ0n) is 13.5. The van der Waals surface area contributed by atoms with Crippen molar-refractivity contribution in [2.45, 2.75) is 26.0 Å². The normalized spacial score (nSPS) is 20.1. The second-order valence-electron chi connectivity index (χ2n) is 6.15. The first-order valence-corrected chi connectivity index (χ1v) is 8.35. The largest absolute Gasteiger partial charge is 0.487 e. The van der Waals surface area contributed by atoms with Crippen LogP contribution in [0.3, 0.4) is 0 Å². The number of aryl methyl sites for hydroxylation is 1. The van der Waals surface area contributed by atoms with Gasteiger partial charge in [0, 0.05) is 12.6 Å². The van der Waals surface area contributed by atoms with Crippen molar-refractivity contribution in [3.63, 3.8) is 0 Å². The fraction of sp³-hybridized carbons (Fsp3) is 0.316. The molecule has 2 aromatic rings. The number of hydrogen-bond donors (Lipinski definition) is 2. The Morgan fingerprint density at radius 3 is 2.71 bits per heavy atom. The molecule has 1 saturated heterocycles. The van der Waals surface area contributed by atoms with Crippen LogP contribution in [-0.4, -0.2) is 17.6 Å². The van der Waals surface area contributed by atoms with E-state index >= 15 is 0 Å². The molecule has 0 bridgehead atoms. The third-order valence-corrected chi connectivity index (χ3v) is 4.64. The van der Waals surface area contributed by atoms with Gasteiger partial charge in [-0.25, -0.2) is 0 Å². The summed E-state index contributed by atoms with van der Waals surface area (Å²) < 4.78 is 5.88. The molecule has 126 valence electrons. The Labute approximate surface area is 146 Å². The van der Waals surface area contributed by atoms with Crippen molar-refractivity contribution in [2.75, 3.05) is 6.54 Å². The second-order valence-corrected chi connectivity index (χ2v) is 6.56. The van der Waals surface area contributed by atoms with Crippen LogP contribution in [0.5, 0.6) is 5.75 Å². The number of carbonyl (C=O) groups is 1. The zero-order valence-corrected chi connectivity index (χ0v) is 14.2. The number of halogens is 1. The van der Waals surface area contributed by atoms with Gasteiger partial charge in [-0.15, -0.1) is 0 Å². The number of aliphatic carboxylic acids is 1. The third-order valence-electron chi connectivity index (χ3n) is 4.36. The van der Waals surface area contributed by atoms with Crippen molar-refractivity contribution in [3.05, 3.63) is 64.2 Å². The van der Waals surface area contributed by atoms with Crippen molar-refractivity contribution in [1.82, 2.24) is 5.32 Å². The highest BCUT2D eigenvalue weighted by atomic mass is 35.5. The Morgan fingerprint density at radius 1 is 1.33 bits per heavy atom. The van der Waals surface area contributed by atoms with Crippen LogP contribution in [-0.2, 0) is 11.4 Å². The molecule has 0 radical (unpaired) electrons. The molecular weight excluding hydrogens is 326 g/mol. The highest BCUT2D eigenvalue weighted by Crippen LogP contribution is 2.35. The summed E-state index contributed by atoms with van der Waals surface area (Å²) in [5, 5.41) is 12.9. The molecule has 1 fully saturated rings. The Balaban J connectivity index is 1.73. The van der Waals surface area contributed by atoms with E-state index < -0.39 is 5.97 Å². The molecule has 0 aliphatic carbocycles. The van der Waals surface area contributed by atoms with E-state index in [0.717, 1.165) is 16.7 Å². The quantitative estimate of drug-likeness (QED) is 0.861. The predicted molar refractivity (Wildman–Crippen MR) is 93.4 cm³/mol. The van der Waals surface area contributed by atoms with Gasteiger partial charge in [-0.05, 0) is 36.1 Å². The number of carboxylic acid groups (broad SMARTS) is 1. The molecule has 1 aliphatic heterocycles. The van der Waals surface area contributed by atoms with Crippen LogP contribution in [0, 0.1) is 12.8 Å². The predicted octanol–water partition coefficient (Wildman–Crippen LogP) is 3.96. The first-order valence-electron chi connectivity index (χ1n) is 7.97. The van der Waals surface area contributed by atoms with Gasteiger partial charge < -0.3 is 15.2 Å². The second kappa shape index (κ2) is 7.24. The number of rotatable bonds is 5. The van der Waals surface area contributed by atoms with Crippen LogP contribution in [0.2, 0.25) is 5.02 Å². The summed E-state index contributed by atoms with van der Waals surface area (Å²) in [4.78, 5) is 11.1. The van der Waals surface area contributed by atoms with E-state index in [1.54, 1.807) is 0 Å². The lowest BCUT2D eigenvalue weighted by molar-refractivity contribution is -0.141. The van der Waals surface area contributed by atoms with Crippen molar-refractivity contribution in [2.24, 2.45) is 5.92 Å². The molecule has 0 amide bonds. The van der Waals surface area contributed by atoms with Gasteiger partial charge in [0.15, 0.2) is 0 Å². The first-order chi connectivity index (χ1) is 11.5. The van der Waals surface area contributed by atoms with Crippen LogP contribution in [0.1, 0.15) is 29.2 Å². The van der Waals surface area contributed by atoms with E-state index in [1.165, 1.54) is 0 Å². The molecule has 1 heterocycles. The molecule has 24 heavy (non-hydrogen) atoms. The lowest BCUT2D eigenvalue weighted by atomic mass is 9.98. The summed E-state index contributed by atoms with van der Waals surface area (Å²) in [6.07, 6.45) is 0.579. The minimum atomic E-state index is -0.754. The maximum atomic E-state index is 11.1. The van der Waals surface area contributed by atoms with Crippen molar-refractivity contribution in [1.29, 1.82) is 0 Å². The van der Waals surface area contributed by atoms with Crippen molar-refractivity contribution < 1.29 is 14.6 Å². The zero-order chi connectivity index (χ0) is 17.1. The van der Waals surface area contributed by atoms with E-state index in [0.29, 0.717) is 30.3 Å². The van der Waals surface area contributed by atoms with Gasteiger partial charge in [0.05, 0.1) is 10.9 Å². The van der Waals surface area contributed by atoms with Crippen LogP contribution >= 0.6 is 11.6 Å². The molecule has 2 N–H and O–H groups in total. The average Bonchev–Trinajstić information content (AvgIpc) is 3.05. The molecule has 2 unspecified atom stereocenters. The number of hydrogen-bond acceptors (Lipinski definition) is 3. The molecule has 4 nitrogen and oxygen atoms in total. The Morgan fingerprint density at radius 2 is 2.08 bits per heavy atom. The van der Waals surface area contributed by atoms with Crippen molar-refractivity contribution >= 4 is 17.6 Å². The summed E-state index contributed by atoms with van der Waals surface area (Å²) in [5.74, 6) is -0.421. The van der Waals surface area contributed by atoms with E-state index in [1.807, 2.05) is 49.4 Å². The highest BCUT2D eigenvalue weighted by Gasteiger charge is 2.30. The lowest BCUT2D eigenvalue weighted by Crippen LogP contribution is -2.17. The molecular formula is C19H20ClNO3. The van der Waals surface area contributed by atoms with Crippen LogP contribution in [0.25, 0.3) is 0 Å². The van der Waals surface area contributed by atoms with Gasteiger partial charge >= 0.3 is 5.97 Å². The smallest absolute Gasteiger partial charge is 0.307 e. The minimum Gasteiger partial charge on any atom is -0.487 e. The van der Waals surface area contributed by atoms with Crippen LogP contribution in [0.4, 0.5) is 0 Å². The fourth-order valence-electron chi connectivity index (χ4n) is 3.05. The Hall–Kier alpha value is -2.04. The molecule has 2 atom stereocenters. The molecule has 3 rings (SSSR count). The van der Waals surface area contributed by atoms with E-state index in [9.17, 15) is 4.79 Å². The summed E-state index contributed by atoms with van der Waals surface area (Å²) in [5.41, 5.74) is 3.04. The minimum absolute atomic E-state index is 0.0190. The van der Waals surface area contributed by atoms with Gasteiger partial charge in [0.25, 0.3) is 0 Å². The maximum Gasteiger partial charge on any atom is 0.307 e. The van der Waals surface area contributed by atoms with E-state index in [-0.39, 0.29) is 12.0 Å². The summed E-state index contributed by atoms with van der Waals surface area (Å²) in [6.45, 7) is 2.91. The Kier molecular flexibility index (Phi) is 5.07. The van der Waals surface area contributed by atoms with E-state index in [4.69, 9.17) is 21.4 Å². The topological polar surface area (TPSA) is 58.6 Å². The van der Waals surface area contributed by atoms with Gasteiger partial charge in [-0.1, -0.05) is 48.0 Å². The van der Waals surface area contributed by atoms with Crippen LogP contribution < -0.4 is 10.1 Å². The third kappa shape index (κ3) is 3.71. The first kappa shape index (κ1) is 16.8. The molecule has 5 heteroatoms.